The molecule has 1 N–H and O–H groups in total. The Morgan fingerprint density at radius 2 is 2.21 bits per heavy atom. The number of aryl methyl sites for hydroxylation is 1. The molecule has 0 bridgehead atoms. The van der Waals surface area contributed by atoms with Crippen LogP contribution in [0.3, 0.4) is 0 Å². The third-order valence-corrected chi connectivity index (χ3v) is 4.78. The summed E-state index contributed by atoms with van der Waals surface area (Å²) in [6.45, 7) is 3.82. The van der Waals surface area contributed by atoms with E-state index in [0.717, 1.165) is 17.7 Å². The average molecular weight is 405 g/mol. The highest BCUT2D eigenvalue weighted by Crippen LogP contribution is 2.41. The third-order valence-electron chi connectivity index (χ3n) is 4.48. The van der Waals surface area contributed by atoms with Gasteiger partial charge >= 0.3 is 5.97 Å². The molecule has 7 nitrogen and oxygen atoms in total. The number of rotatable bonds is 7. The largest absolute Gasteiger partial charge is 0.483 e. The summed E-state index contributed by atoms with van der Waals surface area (Å²) in [6, 6.07) is 7.10. The number of anilines is 1. The van der Waals surface area contributed by atoms with Crippen molar-refractivity contribution in [2.24, 2.45) is 0 Å². The number of aromatic nitrogens is 1. The van der Waals surface area contributed by atoms with Crippen LogP contribution in [0.25, 0.3) is 0 Å². The lowest BCUT2D eigenvalue weighted by Crippen LogP contribution is -2.40. The molecule has 2 aromatic rings. The fourth-order valence-electron chi connectivity index (χ4n) is 2.88. The molecule has 0 unspecified atom stereocenters. The first kappa shape index (κ1) is 19.9. The van der Waals surface area contributed by atoms with Crippen LogP contribution in [0, 0.1) is 0 Å². The maximum atomic E-state index is 12.1. The standard InChI is InChI=1S/C20H21ClN2O5/c1-3-13-4-5-15(22-10-13)12(2)28-17-9-18-16(8-14(17)21)23(7-6-20(25)26)19(24)11-27-18/h4-5,8-10,12H,3,6-7,11H2,1-2H3,(H,25,26)/t12-/m1/s1. The second-order valence-corrected chi connectivity index (χ2v) is 6.84. The second kappa shape index (κ2) is 8.48. The summed E-state index contributed by atoms with van der Waals surface area (Å²) in [5, 5.41) is 9.20. The van der Waals surface area contributed by atoms with Crippen molar-refractivity contribution in [2.45, 2.75) is 32.8 Å². The molecule has 1 aliphatic heterocycles. The first-order valence-electron chi connectivity index (χ1n) is 8.99. The molecule has 1 atom stereocenters. The van der Waals surface area contributed by atoms with Crippen molar-refractivity contribution in [3.05, 3.63) is 46.7 Å². The number of pyridine rings is 1. The zero-order chi connectivity index (χ0) is 20.3. The van der Waals surface area contributed by atoms with Crippen LogP contribution in [-0.4, -0.2) is 35.1 Å². The van der Waals surface area contributed by atoms with Gasteiger partial charge in [0.05, 0.1) is 22.8 Å². The van der Waals surface area contributed by atoms with Gasteiger partial charge in [-0.15, -0.1) is 0 Å². The Labute approximate surface area is 167 Å². The zero-order valence-electron chi connectivity index (χ0n) is 15.6. The summed E-state index contributed by atoms with van der Waals surface area (Å²) in [4.78, 5) is 28.8. The molecule has 8 heteroatoms. The number of fused-ring (bicyclic) bond motifs is 1. The molecule has 1 amide bonds. The molecule has 2 heterocycles. The van der Waals surface area contributed by atoms with Gasteiger partial charge in [-0.05, 0) is 31.0 Å². The van der Waals surface area contributed by atoms with Crippen molar-refractivity contribution < 1.29 is 24.2 Å². The van der Waals surface area contributed by atoms with E-state index in [2.05, 4.69) is 11.9 Å². The summed E-state index contributed by atoms with van der Waals surface area (Å²) in [5.41, 5.74) is 2.35. The Morgan fingerprint density at radius 3 is 2.86 bits per heavy atom. The highest BCUT2D eigenvalue weighted by molar-refractivity contribution is 6.32. The fraction of sp³-hybridized carbons (Fsp3) is 0.350. The minimum Gasteiger partial charge on any atom is -0.483 e. The third kappa shape index (κ3) is 4.36. The van der Waals surface area contributed by atoms with Crippen LogP contribution in [0.15, 0.2) is 30.5 Å². The maximum absolute atomic E-state index is 12.1. The summed E-state index contributed by atoms with van der Waals surface area (Å²) in [5.74, 6) is -0.470. The van der Waals surface area contributed by atoms with Gasteiger partial charge in [-0.25, -0.2) is 0 Å². The Kier molecular flexibility index (Phi) is 6.04. The number of carbonyl (C=O) groups is 2. The zero-order valence-corrected chi connectivity index (χ0v) is 16.4. The molecule has 0 saturated heterocycles. The molecular formula is C20H21ClN2O5. The van der Waals surface area contributed by atoms with E-state index in [9.17, 15) is 9.59 Å². The van der Waals surface area contributed by atoms with Gasteiger partial charge in [0.1, 0.15) is 17.6 Å². The van der Waals surface area contributed by atoms with E-state index in [1.165, 1.54) is 4.90 Å². The summed E-state index contributed by atoms with van der Waals surface area (Å²) < 4.78 is 11.5. The Bertz CT molecular complexity index is 885. The Hall–Kier alpha value is -2.80. The van der Waals surface area contributed by atoms with E-state index in [-0.39, 0.29) is 31.6 Å². The molecule has 0 aliphatic carbocycles. The van der Waals surface area contributed by atoms with Crippen molar-refractivity contribution in [1.29, 1.82) is 0 Å². The van der Waals surface area contributed by atoms with Gasteiger partial charge in [0.25, 0.3) is 5.91 Å². The summed E-state index contributed by atoms with van der Waals surface area (Å²) >= 11 is 6.36. The molecule has 1 aromatic heterocycles. The van der Waals surface area contributed by atoms with Crippen LogP contribution in [0.1, 0.15) is 37.6 Å². The molecular weight excluding hydrogens is 384 g/mol. The maximum Gasteiger partial charge on any atom is 0.305 e. The lowest BCUT2D eigenvalue weighted by molar-refractivity contribution is -0.136. The number of hydrogen-bond acceptors (Lipinski definition) is 5. The number of carboxylic acid groups (broad SMARTS) is 1. The van der Waals surface area contributed by atoms with Crippen molar-refractivity contribution in [3.63, 3.8) is 0 Å². The molecule has 1 aromatic carbocycles. The number of carboxylic acids is 1. The van der Waals surface area contributed by atoms with Crippen molar-refractivity contribution >= 4 is 29.2 Å². The molecule has 28 heavy (non-hydrogen) atoms. The molecule has 0 spiro atoms. The normalized spacial score (nSPS) is 14.2. The van der Waals surface area contributed by atoms with Crippen LogP contribution < -0.4 is 14.4 Å². The van der Waals surface area contributed by atoms with Gasteiger partial charge in [-0.1, -0.05) is 24.6 Å². The number of aliphatic carboxylic acids is 1. The quantitative estimate of drug-likeness (QED) is 0.757. The topological polar surface area (TPSA) is 89.0 Å². The highest BCUT2D eigenvalue weighted by Gasteiger charge is 2.28. The molecule has 3 rings (SSSR count). The average Bonchev–Trinajstić information content (AvgIpc) is 2.68. The van der Waals surface area contributed by atoms with Gasteiger partial charge < -0.3 is 19.5 Å². The molecule has 1 aliphatic rings. The second-order valence-electron chi connectivity index (χ2n) is 6.43. The lowest BCUT2D eigenvalue weighted by Gasteiger charge is -2.30. The van der Waals surface area contributed by atoms with E-state index >= 15 is 0 Å². The van der Waals surface area contributed by atoms with Crippen molar-refractivity contribution in [1.82, 2.24) is 4.98 Å². The number of nitrogens with zero attached hydrogens (tertiary/aromatic N) is 2. The smallest absolute Gasteiger partial charge is 0.305 e. The van der Waals surface area contributed by atoms with E-state index in [1.807, 2.05) is 25.3 Å². The molecule has 0 fully saturated rings. The van der Waals surface area contributed by atoms with Crippen LogP contribution in [-0.2, 0) is 16.0 Å². The SMILES string of the molecule is CCc1ccc([C@@H](C)Oc2cc3c(cc2Cl)N(CCC(=O)O)C(=O)CO3)nc1. The first-order valence-corrected chi connectivity index (χ1v) is 9.36. The number of amides is 1. The van der Waals surface area contributed by atoms with Crippen LogP contribution in [0.2, 0.25) is 5.02 Å². The van der Waals surface area contributed by atoms with Gasteiger partial charge in [-0.3, -0.25) is 14.6 Å². The number of halogens is 1. The monoisotopic (exact) mass is 404 g/mol. The minimum atomic E-state index is -0.984. The summed E-state index contributed by atoms with van der Waals surface area (Å²) in [7, 11) is 0. The summed E-state index contributed by atoms with van der Waals surface area (Å²) in [6.07, 6.45) is 2.22. The number of hydrogen-bond donors (Lipinski definition) is 1. The Balaban J connectivity index is 1.82. The van der Waals surface area contributed by atoms with Gasteiger partial charge in [0.15, 0.2) is 6.61 Å². The van der Waals surface area contributed by atoms with E-state index in [4.69, 9.17) is 26.2 Å². The first-order chi connectivity index (χ1) is 13.4. The molecule has 148 valence electrons. The lowest BCUT2D eigenvalue weighted by atomic mass is 10.1. The van der Waals surface area contributed by atoms with Crippen LogP contribution in [0.5, 0.6) is 11.5 Å². The van der Waals surface area contributed by atoms with E-state index in [1.54, 1.807) is 12.1 Å². The predicted octanol–water partition coefficient (Wildman–Crippen LogP) is 3.64. The highest BCUT2D eigenvalue weighted by atomic mass is 35.5. The number of benzene rings is 1. The van der Waals surface area contributed by atoms with Crippen LogP contribution in [0.4, 0.5) is 5.69 Å². The molecule has 0 radical (unpaired) electrons. The van der Waals surface area contributed by atoms with Gasteiger partial charge in [-0.2, -0.15) is 0 Å². The number of ether oxygens (including phenoxy) is 2. The van der Waals surface area contributed by atoms with E-state index in [0.29, 0.717) is 22.2 Å². The Morgan fingerprint density at radius 1 is 1.43 bits per heavy atom. The van der Waals surface area contributed by atoms with Crippen molar-refractivity contribution in [2.75, 3.05) is 18.1 Å². The molecule has 0 saturated carbocycles. The fourth-order valence-corrected chi connectivity index (χ4v) is 3.08. The van der Waals surface area contributed by atoms with Crippen molar-refractivity contribution in [3.8, 4) is 11.5 Å². The number of carbonyl (C=O) groups excluding carboxylic acids is 1. The predicted molar refractivity (Wildman–Crippen MR) is 104 cm³/mol. The van der Waals surface area contributed by atoms with Crippen LogP contribution >= 0.6 is 11.6 Å². The van der Waals surface area contributed by atoms with Gasteiger partial charge in [0, 0.05) is 18.8 Å². The van der Waals surface area contributed by atoms with E-state index < -0.39 is 5.97 Å². The van der Waals surface area contributed by atoms with Gasteiger partial charge in [0.2, 0.25) is 0 Å². The minimum absolute atomic E-state index is 0.0468.